The van der Waals surface area contributed by atoms with E-state index in [1.807, 2.05) is 12.2 Å². The Hall–Kier alpha value is -2.20. The Balaban J connectivity index is 2.33. The summed E-state index contributed by atoms with van der Waals surface area (Å²) in [7, 11) is 0. The molecule has 0 bridgehead atoms. The quantitative estimate of drug-likeness (QED) is 0.507. The minimum absolute atomic E-state index is 0.0263. The average molecular weight is 358 g/mol. The summed E-state index contributed by atoms with van der Waals surface area (Å²) < 4.78 is 0. The van der Waals surface area contributed by atoms with Gasteiger partial charge in [-0.3, -0.25) is 9.59 Å². The van der Waals surface area contributed by atoms with Gasteiger partial charge in [0.2, 0.25) is 0 Å². The van der Waals surface area contributed by atoms with Crippen molar-refractivity contribution >= 4 is 11.8 Å². The van der Waals surface area contributed by atoms with Gasteiger partial charge < -0.3 is 10.2 Å². The fourth-order valence-electron chi connectivity index (χ4n) is 2.73. The molecule has 0 amide bonds. The molecule has 0 saturated carbocycles. The van der Waals surface area contributed by atoms with Crippen LogP contribution in [0.2, 0.25) is 0 Å². The molecule has 0 saturated heterocycles. The molecule has 0 radical (unpaired) electrons. The molecular weight excluding hydrogens is 328 g/mol. The fraction of sp³-hybridized carbons (Fsp3) is 0.455. The van der Waals surface area contributed by atoms with E-state index < -0.39 is 12.1 Å². The Kier molecular flexibility index (Phi) is 11.0. The Labute approximate surface area is 156 Å². The van der Waals surface area contributed by atoms with E-state index in [0.717, 1.165) is 19.3 Å². The predicted octanol–water partition coefficient (Wildman–Crippen LogP) is 4.39. The summed E-state index contributed by atoms with van der Waals surface area (Å²) in [6.07, 6.45) is 22.2. The number of ketones is 1. The molecule has 0 aromatic heterocycles. The summed E-state index contributed by atoms with van der Waals surface area (Å²) >= 11 is 0. The monoisotopic (exact) mass is 358 g/mol. The average Bonchev–Trinajstić information content (AvgIpc) is 2.96. The topological polar surface area (TPSA) is 74.6 Å². The lowest BCUT2D eigenvalue weighted by Crippen LogP contribution is -2.15. The number of carbonyl (C=O) groups is 2. The second-order valence-electron chi connectivity index (χ2n) is 6.37. The van der Waals surface area contributed by atoms with Crippen molar-refractivity contribution in [2.75, 3.05) is 0 Å². The molecule has 0 unspecified atom stereocenters. The molecule has 0 aromatic rings. The van der Waals surface area contributed by atoms with Crippen molar-refractivity contribution in [2.45, 2.75) is 51.6 Å². The summed E-state index contributed by atoms with van der Waals surface area (Å²) in [4.78, 5) is 22.6. The SMILES string of the molecule is CC/C=C\C/C=C/C/C=C\C[C@@H](O)/C=C/[C@H]1C(=O)C=C[C@@H]1CCC(=O)O. The van der Waals surface area contributed by atoms with Crippen molar-refractivity contribution < 1.29 is 19.8 Å². The summed E-state index contributed by atoms with van der Waals surface area (Å²) in [5.41, 5.74) is 0. The first kappa shape index (κ1) is 21.8. The van der Waals surface area contributed by atoms with E-state index in [0.29, 0.717) is 12.8 Å². The van der Waals surface area contributed by atoms with Gasteiger partial charge in [0.25, 0.3) is 0 Å². The van der Waals surface area contributed by atoms with Gasteiger partial charge in [0.1, 0.15) is 0 Å². The van der Waals surface area contributed by atoms with Crippen molar-refractivity contribution in [1.29, 1.82) is 0 Å². The summed E-state index contributed by atoms with van der Waals surface area (Å²) in [6.45, 7) is 2.11. The maximum Gasteiger partial charge on any atom is 0.303 e. The van der Waals surface area contributed by atoms with Gasteiger partial charge in [-0.2, -0.15) is 0 Å². The molecule has 4 heteroatoms. The van der Waals surface area contributed by atoms with Gasteiger partial charge in [-0.1, -0.05) is 61.6 Å². The number of hydrogen-bond acceptors (Lipinski definition) is 3. The number of aliphatic hydroxyl groups is 1. The highest BCUT2D eigenvalue weighted by atomic mass is 16.4. The van der Waals surface area contributed by atoms with E-state index >= 15 is 0 Å². The molecule has 0 aromatic carbocycles. The molecule has 142 valence electrons. The second kappa shape index (κ2) is 13.1. The number of aliphatic hydroxyl groups excluding tert-OH is 1. The third kappa shape index (κ3) is 9.33. The van der Waals surface area contributed by atoms with E-state index in [1.165, 1.54) is 6.08 Å². The smallest absolute Gasteiger partial charge is 0.303 e. The van der Waals surface area contributed by atoms with Crippen LogP contribution in [-0.4, -0.2) is 28.1 Å². The van der Waals surface area contributed by atoms with Crippen LogP contribution in [0.25, 0.3) is 0 Å². The Morgan fingerprint density at radius 3 is 2.46 bits per heavy atom. The first-order valence-electron chi connectivity index (χ1n) is 9.29. The Bertz CT molecular complexity index is 581. The summed E-state index contributed by atoms with van der Waals surface area (Å²) in [5, 5.41) is 18.8. The molecule has 0 aliphatic heterocycles. The van der Waals surface area contributed by atoms with Crippen LogP contribution in [-0.2, 0) is 9.59 Å². The van der Waals surface area contributed by atoms with E-state index in [-0.39, 0.29) is 24.0 Å². The molecule has 1 aliphatic carbocycles. The number of carboxylic acid groups (broad SMARTS) is 1. The van der Waals surface area contributed by atoms with Crippen molar-refractivity contribution in [1.82, 2.24) is 0 Å². The molecule has 1 rings (SSSR count). The summed E-state index contributed by atoms with van der Waals surface area (Å²) in [5.74, 6) is -1.33. The molecular formula is C22H30O4. The third-order valence-electron chi connectivity index (χ3n) is 4.19. The molecule has 0 heterocycles. The van der Waals surface area contributed by atoms with Crippen LogP contribution in [0.5, 0.6) is 0 Å². The number of aliphatic carboxylic acids is 1. The van der Waals surface area contributed by atoms with Gasteiger partial charge in [0.15, 0.2) is 5.78 Å². The first-order chi connectivity index (χ1) is 12.5. The highest BCUT2D eigenvalue weighted by Crippen LogP contribution is 2.28. The molecule has 0 spiro atoms. The number of rotatable bonds is 12. The van der Waals surface area contributed by atoms with E-state index in [4.69, 9.17) is 5.11 Å². The van der Waals surface area contributed by atoms with Crippen LogP contribution in [0.4, 0.5) is 0 Å². The van der Waals surface area contributed by atoms with E-state index in [9.17, 15) is 14.7 Å². The number of allylic oxidation sites excluding steroid dienone is 8. The zero-order valence-electron chi connectivity index (χ0n) is 15.5. The largest absolute Gasteiger partial charge is 0.481 e. The van der Waals surface area contributed by atoms with E-state index in [1.54, 1.807) is 18.2 Å². The molecule has 2 N–H and O–H groups in total. The molecule has 1 aliphatic rings. The minimum Gasteiger partial charge on any atom is -0.481 e. The van der Waals surface area contributed by atoms with Crippen molar-refractivity contribution in [3.63, 3.8) is 0 Å². The van der Waals surface area contributed by atoms with Crippen LogP contribution >= 0.6 is 0 Å². The normalized spacial score (nSPS) is 21.8. The zero-order chi connectivity index (χ0) is 19.2. The van der Waals surface area contributed by atoms with Gasteiger partial charge in [0.05, 0.1) is 6.10 Å². The lowest BCUT2D eigenvalue weighted by Gasteiger charge is -2.14. The molecule has 4 nitrogen and oxygen atoms in total. The zero-order valence-corrected chi connectivity index (χ0v) is 15.5. The van der Waals surface area contributed by atoms with Gasteiger partial charge in [-0.15, -0.1) is 0 Å². The van der Waals surface area contributed by atoms with Gasteiger partial charge >= 0.3 is 5.97 Å². The highest BCUT2D eigenvalue weighted by molar-refractivity contribution is 5.95. The van der Waals surface area contributed by atoms with Crippen molar-refractivity contribution in [3.05, 3.63) is 60.8 Å². The molecule has 0 fully saturated rings. The van der Waals surface area contributed by atoms with Crippen LogP contribution in [0.3, 0.4) is 0 Å². The van der Waals surface area contributed by atoms with Crippen LogP contribution in [0.1, 0.15) is 45.4 Å². The van der Waals surface area contributed by atoms with Gasteiger partial charge in [-0.05, 0) is 44.1 Å². The van der Waals surface area contributed by atoms with E-state index in [2.05, 4.69) is 31.2 Å². The third-order valence-corrected chi connectivity index (χ3v) is 4.19. The first-order valence-corrected chi connectivity index (χ1v) is 9.29. The standard InChI is InChI=1S/C22H30O4/c1-2-3-4-5-6-7-8-9-10-11-19(23)14-15-20-18(12-16-21(20)24)13-17-22(25)26/h3-4,6-7,9-10,12,14-16,18-20,23H,2,5,8,11,13,17H2,1H3,(H,25,26)/b4-3-,7-6+,10-9-,15-14+/t18-,19-,20-/m1/s1. The van der Waals surface area contributed by atoms with Gasteiger partial charge in [-0.25, -0.2) is 0 Å². The summed E-state index contributed by atoms with van der Waals surface area (Å²) in [6, 6.07) is 0. The number of carboxylic acids is 1. The lowest BCUT2D eigenvalue weighted by atomic mass is 9.90. The number of carbonyl (C=O) groups excluding carboxylic acids is 1. The second-order valence-corrected chi connectivity index (χ2v) is 6.37. The van der Waals surface area contributed by atoms with Crippen LogP contribution in [0, 0.1) is 11.8 Å². The predicted molar refractivity (Wildman–Crippen MR) is 105 cm³/mol. The number of hydrogen-bond donors (Lipinski definition) is 2. The van der Waals surface area contributed by atoms with Crippen LogP contribution in [0.15, 0.2) is 60.8 Å². The lowest BCUT2D eigenvalue weighted by molar-refractivity contribution is -0.137. The van der Waals surface area contributed by atoms with Crippen LogP contribution < -0.4 is 0 Å². The molecule has 3 atom stereocenters. The Morgan fingerprint density at radius 2 is 1.81 bits per heavy atom. The highest BCUT2D eigenvalue weighted by Gasteiger charge is 2.28. The van der Waals surface area contributed by atoms with Crippen molar-refractivity contribution in [3.8, 4) is 0 Å². The maximum absolute atomic E-state index is 11.9. The van der Waals surface area contributed by atoms with Crippen molar-refractivity contribution in [2.24, 2.45) is 11.8 Å². The molecule has 26 heavy (non-hydrogen) atoms. The Morgan fingerprint density at radius 1 is 1.15 bits per heavy atom. The maximum atomic E-state index is 11.9. The van der Waals surface area contributed by atoms with Gasteiger partial charge in [0, 0.05) is 12.3 Å². The fourth-order valence-corrected chi connectivity index (χ4v) is 2.73. The minimum atomic E-state index is -0.860.